The van der Waals surface area contributed by atoms with Crippen LogP contribution >= 0.6 is 11.3 Å². The fourth-order valence-corrected chi connectivity index (χ4v) is 2.13. The van der Waals surface area contributed by atoms with Crippen molar-refractivity contribution in [3.05, 3.63) is 16.6 Å². The van der Waals surface area contributed by atoms with E-state index in [0.717, 1.165) is 4.88 Å². The third kappa shape index (κ3) is 2.15. The molecule has 5 nitrogen and oxygen atoms in total. The van der Waals surface area contributed by atoms with Crippen LogP contribution in [-0.4, -0.2) is 34.3 Å². The minimum Gasteiger partial charge on any atom is -0.343 e. The van der Waals surface area contributed by atoms with Crippen molar-refractivity contribution in [2.75, 3.05) is 6.54 Å². The monoisotopic (exact) mass is 225 g/mol. The first-order chi connectivity index (χ1) is 7.16. The number of hydrogen-bond donors (Lipinski definition) is 1. The molecular formula is C9H11N3O2S. The van der Waals surface area contributed by atoms with Crippen LogP contribution in [0, 0.1) is 0 Å². The van der Waals surface area contributed by atoms with Crippen LogP contribution < -0.4 is 5.32 Å². The largest absolute Gasteiger partial charge is 0.343 e. The molecule has 1 aromatic rings. The SMILES string of the molecule is CC1NC(=O)CN(Cc2cncs2)C1=O. The molecule has 2 rings (SSSR count). The molecule has 0 radical (unpaired) electrons. The van der Waals surface area contributed by atoms with E-state index in [1.807, 2.05) is 0 Å². The zero-order valence-corrected chi connectivity index (χ0v) is 9.08. The van der Waals surface area contributed by atoms with E-state index in [9.17, 15) is 9.59 Å². The van der Waals surface area contributed by atoms with Gasteiger partial charge in [0.2, 0.25) is 11.8 Å². The smallest absolute Gasteiger partial charge is 0.245 e. The predicted octanol–water partition coefficient (Wildman–Crippen LogP) is -0.0100. The molecule has 0 saturated carbocycles. The fourth-order valence-electron chi connectivity index (χ4n) is 1.52. The summed E-state index contributed by atoms with van der Waals surface area (Å²) in [7, 11) is 0. The van der Waals surface area contributed by atoms with Crippen molar-refractivity contribution >= 4 is 23.2 Å². The second kappa shape index (κ2) is 3.98. The Bertz CT molecular complexity index is 377. The van der Waals surface area contributed by atoms with Crippen molar-refractivity contribution in [1.82, 2.24) is 15.2 Å². The summed E-state index contributed by atoms with van der Waals surface area (Å²) in [6, 6.07) is -0.417. The van der Waals surface area contributed by atoms with E-state index in [4.69, 9.17) is 0 Å². The van der Waals surface area contributed by atoms with Crippen LogP contribution in [0.2, 0.25) is 0 Å². The summed E-state index contributed by atoms with van der Waals surface area (Å²) in [4.78, 5) is 29.4. The first kappa shape index (κ1) is 10.1. The maximum Gasteiger partial charge on any atom is 0.245 e. The number of carbonyl (C=O) groups excluding carboxylic acids is 2. The van der Waals surface area contributed by atoms with E-state index in [0.29, 0.717) is 6.54 Å². The van der Waals surface area contributed by atoms with Gasteiger partial charge in [-0.05, 0) is 6.92 Å². The molecule has 2 amide bonds. The number of nitrogens with zero attached hydrogens (tertiary/aromatic N) is 2. The van der Waals surface area contributed by atoms with Crippen molar-refractivity contribution < 1.29 is 9.59 Å². The quantitative estimate of drug-likeness (QED) is 0.770. The third-order valence-corrected chi connectivity index (χ3v) is 2.99. The molecule has 1 aliphatic heterocycles. The number of hydrogen-bond acceptors (Lipinski definition) is 4. The van der Waals surface area contributed by atoms with Crippen molar-refractivity contribution in [3.63, 3.8) is 0 Å². The van der Waals surface area contributed by atoms with Gasteiger partial charge in [-0.3, -0.25) is 14.6 Å². The number of aromatic nitrogens is 1. The zero-order chi connectivity index (χ0) is 10.8. The number of piperazine rings is 1. The summed E-state index contributed by atoms with van der Waals surface area (Å²) >= 11 is 1.48. The molecule has 1 saturated heterocycles. The van der Waals surface area contributed by atoms with Crippen molar-refractivity contribution in [3.8, 4) is 0 Å². The highest BCUT2D eigenvalue weighted by Gasteiger charge is 2.29. The Kier molecular flexibility index (Phi) is 2.68. The van der Waals surface area contributed by atoms with Gasteiger partial charge in [0, 0.05) is 11.1 Å². The molecule has 1 aliphatic rings. The Labute approximate surface area is 91.1 Å². The molecule has 6 heteroatoms. The summed E-state index contributed by atoms with van der Waals surface area (Å²) in [5, 5.41) is 2.60. The van der Waals surface area contributed by atoms with Crippen molar-refractivity contribution in [2.24, 2.45) is 0 Å². The van der Waals surface area contributed by atoms with Gasteiger partial charge in [0.25, 0.3) is 0 Å². The summed E-state index contributed by atoms with van der Waals surface area (Å²) in [5.41, 5.74) is 1.72. The Morgan fingerprint density at radius 3 is 3.13 bits per heavy atom. The normalized spacial score (nSPS) is 21.7. The number of thiazole rings is 1. The van der Waals surface area contributed by atoms with E-state index in [1.54, 1.807) is 23.5 Å². The van der Waals surface area contributed by atoms with Crippen LogP contribution in [0.4, 0.5) is 0 Å². The standard InChI is InChI=1S/C9H11N3O2S/c1-6-9(14)12(4-8(13)11-6)3-7-2-10-5-15-7/h2,5-6H,3-4H2,1H3,(H,11,13). The van der Waals surface area contributed by atoms with Gasteiger partial charge in [-0.2, -0.15) is 0 Å². The van der Waals surface area contributed by atoms with Gasteiger partial charge in [-0.25, -0.2) is 0 Å². The van der Waals surface area contributed by atoms with Crippen molar-refractivity contribution in [2.45, 2.75) is 19.5 Å². The lowest BCUT2D eigenvalue weighted by Gasteiger charge is -2.30. The van der Waals surface area contributed by atoms with Crippen LogP contribution in [0.15, 0.2) is 11.7 Å². The summed E-state index contributed by atoms with van der Waals surface area (Å²) < 4.78 is 0. The van der Waals surface area contributed by atoms with Gasteiger partial charge in [-0.15, -0.1) is 11.3 Å². The summed E-state index contributed by atoms with van der Waals surface area (Å²) in [5.74, 6) is -0.144. The molecule has 1 atom stereocenters. The van der Waals surface area contributed by atoms with Crippen molar-refractivity contribution in [1.29, 1.82) is 0 Å². The second-order valence-electron chi connectivity index (χ2n) is 3.45. The topological polar surface area (TPSA) is 62.3 Å². The molecular weight excluding hydrogens is 214 g/mol. The number of nitrogens with one attached hydrogen (secondary N) is 1. The van der Waals surface area contributed by atoms with Gasteiger partial charge in [0.1, 0.15) is 6.04 Å². The molecule has 0 aliphatic carbocycles. The van der Waals surface area contributed by atoms with Crippen LogP contribution in [0.5, 0.6) is 0 Å². The van der Waals surface area contributed by atoms with Gasteiger partial charge in [0.05, 0.1) is 18.6 Å². The number of amides is 2. The second-order valence-corrected chi connectivity index (χ2v) is 4.42. The van der Waals surface area contributed by atoms with E-state index < -0.39 is 6.04 Å². The highest BCUT2D eigenvalue weighted by Crippen LogP contribution is 2.12. The maximum absolute atomic E-state index is 11.7. The van der Waals surface area contributed by atoms with E-state index in [-0.39, 0.29) is 18.4 Å². The van der Waals surface area contributed by atoms with Gasteiger partial charge in [0.15, 0.2) is 0 Å². The van der Waals surface area contributed by atoms with Crippen LogP contribution in [0.1, 0.15) is 11.8 Å². The Morgan fingerprint density at radius 2 is 2.47 bits per heavy atom. The number of carbonyl (C=O) groups is 2. The molecule has 2 heterocycles. The number of rotatable bonds is 2. The molecule has 15 heavy (non-hydrogen) atoms. The molecule has 1 N–H and O–H groups in total. The lowest BCUT2D eigenvalue weighted by molar-refractivity contribution is -0.144. The first-order valence-electron chi connectivity index (χ1n) is 4.62. The minimum atomic E-state index is -0.417. The van der Waals surface area contributed by atoms with E-state index in [1.165, 1.54) is 11.3 Å². The summed E-state index contributed by atoms with van der Waals surface area (Å²) in [6.07, 6.45) is 1.72. The Hall–Kier alpha value is -1.43. The lowest BCUT2D eigenvalue weighted by atomic mass is 10.2. The molecule has 0 bridgehead atoms. The molecule has 1 aromatic heterocycles. The fraction of sp³-hybridized carbons (Fsp3) is 0.444. The Balaban J connectivity index is 2.07. The molecule has 1 fully saturated rings. The molecule has 1 unspecified atom stereocenters. The maximum atomic E-state index is 11.7. The molecule has 0 aromatic carbocycles. The average molecular weight is 225 g/mol. The highest BCUT2D eigenvalue weighted by molar-refractivity contribution is 7.09. The lowest BCUT2D eigenvalue weighted by Crippen LogP contribution is -2.56. The average Bonchev–Trinajstić information content (AvgIpc) is 2.66. The molecule has 0 spiro atoms. The van der Waals surface area contributed by atoms with Crippen LogP contribution in [-0.2, 0) is 16.1 Å². The van der Waals surface area contributed by atoms with E-state index >= 15 is 0 Å². The zero-order valence-electron chi connectivity index (χ0n) is 8.27. The first-order valence-corrected chi connectivity index (χ1v) is 5.50. The summed E-state index contributed by atoms with van der Waals surface area (Å²) in [6.45, 7) is 2.31. The van der Waals surface area contributed by atoms with Crippen LogP contribution in [0.25, 0.3) is 0 Å². The van der Waals surface area contributed by atoms with Gasteiger partial charge < -0.3 is 10.2 Å². The minimum absolute atomic E-state index is 0.0389. The third-order valence-electron chi connectivity index (χ3n) is 2.22. The predicted molar refractivity (Wildman–Crippen MR) is 55.1 cm³/mol. The van der Waals surface area contributed by atoms with Gasteiger partial charge >= 0.3 is 0 Å². The van der Waals surface area contributed by atoms with E-state index in [2.05, 4.69) is 10.3 Å². The highest BCUT2D eigenvalue weighted by atomic mass is 32.1. The molecule has 80 valence electrons. The Morgan fingerprint density at radius 1 is 1.67 bits per heavy atom. The van der Waals surface area contributed by atoms with Crippen LogP contribution in [0.3, 0.4) is 0 Å². The van der Waals surface area contributed by atoms with Gasteiger partial charge in [-0.1, -0.05) is 0 Å².